The van der Waals surface area contributed by atoms with Crippen LogP contribution in [0.25, 0.3) is 0 Å². The minimum atomic E-state index is -4.19. The lowest BCUT2D eigenvalue weighted by molar-refractivity contribution is -0.143. The van der Waals surface area contributed by atoms with Crippen LogP contribution in [0, 0.1) is 0 Å². The van der Waals surface area contributed by atoms with Crippen molar-refractivity contribution >= 4 is 39.2 Å². The third-order valence-electron chi connectivity index (χ3n) is 2.49. The van der Waals surface area contributed by atoms with E-state index >= 15 is 0 Å². The first-order chi connectivity index (χ1) is 9.78. The number of rotatable bonds is 6. The first kappa shape index (κ1) is 18.0. The van der Waals surface area contributed by atoms with E-state index < -0.39 is 28.6 Å². The summed E-state index contributed by atoms with van der Waals surface area (Å²) in [7, 11) is -1.77. The number of sulfonamides is 1. The number of methoxy groups -OCH3 is 2. The Bertz CT molecular complexity index is 634. The van der Waals surface area contributed by atoms with Gasteiger partial charge in [0, 0.05) is 0 Å². The molecule has 0 aromatic heterocycles. The minimum Gasteiger partial charge on any atom is -0.495 e. The summed E-state index contributed by atoms with van der Waals surface area (Å²) in [6, 6.07) is 1.03. The van der Waals surface area contributed by atoms with Crippen LogP contribution in [-0.4, -0.2) is 46.4 Å². The second-order valence-electron chi connectivity index (χ2n) is 3.77. The van der Waals surface area contributed by atoms with Gasteiger partial charge in [-0.1, -0.05) is 23.2 Å². The van der Waals surface area contributed by atoms with Crippen LogP contribution in [0.5, 0.6) is 5.75 Å². The zero-order chi connectivity index (χ0) is 16.2. The van der Waals surface area contributed by atoms with Crippen LogP contribution in [0.1, 0.15) is 0 Å². The molecule has 1 aromatic carbocycles. The van der Waals surface area contributed by atoms with Gasteiger partial charge in [0.15, 0.2) is 0 Å². The molecule has 118 valence electrons. The normalized spacial score (nSPS) is 12.8. The third-order valence-corrected chi connectivity index (χ3v) is 4.98. The van der Waals surface area contributed by atoms with Gasteiger partial charge in [0.1, 0.15) is 21.7 Å². The van der Waals surface area contributed by atoms with Crippen molar-refractivity contribution in [3.8, 4) is 5.75 Å². The Morgan fingerprint density at radius 3 is 2.43 bits per heavy atom. The highest BCUT2D eigenvalue weighted by Gasteiger charge is 2.28. The summed E-state index contributed by atoms with van der Waals surface area (Å²) in [6.45, 7) is -0.770. The van der Waals surface area contributed by atoms with Crippen LogP contribution < -0.4 is 9.46 Å². The van der Waals surface area contributed by atoms with Crippen LogP contribution in [0.3, 0.4) is 0 Å². The molecule has 0 aliphatic rings. The number of nitrogens with one attached hydrogen (secondary N) is 1. The first-order valence-corrected chi connectivity index (χ1v) is 7.75. The number of esters is 1. The van der Waals surface area contributed by atoms with E-state index in [2.05, 4.69) is 4.74 Å². The number of hydrogen-bond acceptors (Lipinski definition) is 6. The summed E-state index contributed by atoms with van der Waals surface area (Å²) in [5, 5.41) is 8.70. The van der Waals surface area contributed by atoms with Gasteiger partial charge >= 0.3 is 5.97 Å². The maximum atomic E-state index is 12.2. The van der Waals surface area contributed by atoms with Crippen molar-refractivity contribution in [2.75, 3.05) is 20.8 Å². The molecule has 1 atom stereocenters. The van der Waals surface area contributed by atoms with Gasteiger partial charge < -0.3 is 14.6 Å². The summed E-state index contributed by atoms with van der Waals surface area (Å²) in [4.78, 5) is 11.0. The van der Waals surface area contributed by atoms with Crippen LogP contribution in [0.2, 0.25) is 10.0 Å². The Kier molecular flexibility index (Phi) is 6.24. The second kappa shape index (κ2) is 7.28. The molecule has 21 heavy (non-hydrogen) atoms. The van der Waals surface area contributed by atoms with Crippen molar-refractivity contribution in [3.05, 3.63) is 22.2 Å². The van der Waals surface area contributed by atoms with E-state index in [1.165, 1.54) is 19.2 Å². The highest BCUT2D eigenvalue weighted by Crippen LogP contribution is 2.36. The standard InChI is InChI=1S/C11H13Cl2NO6S/c1-19-7-3-4-8(10(13)9(7)12)21(17,18)14-6(5-15)11(16)20-2/h3-4,6,14-15H,5H2,1-2H3/t6-/m0/s1. The molecule has 0 aliphatic heterocycles. The quantitative estimate of drug-likeness (QED) is 0.730. The number of ether oxygens (including phenoxy) is 2. The zero-order valence-electron chi connectivity index (χ0n) is 11.1. The Hall–Kier alpha value is -1.06. The van der Waals surface area contributed by atoms with E-state index in [-0.39, 0.29) is 20.7 Å². The summed E-state index contributed by atoms with van der Waals surface area (Å²) < 4.78 is 35.6. The smallest absolute Gasteiger partial charge is 0.326 e. The average molecular weight is 358 g/mol. The molecule has 0 unspecified atom stereocenters. The van der Waals surface area contributed by atoms with Gasteiger partial charge in [-0.15, -0.1) is 0 Å². The van der Waals surface area contributed by atoms with Crippen molar-refractivity contribution in [1.29, 1.82) is 0 Å². The Labute approximate surface area is 131 Å². The summed E-state index contributed by atoms with van der Waals surface area (Å²) in [5.74, 6) is -0.732. The van der Waals surface area contributed by atoms with E-state index in [4.69, 9.17) is 33.0 Å². The predicted octanol–water partition coefficient (Wildman–Crippen LogP) is 0.814. The number of aliphatic hydroxyl groups excluding tert-OH is 1. The van der Waals surface area contributed by atoms with E-state index in [9.17, 15) is 13.2 Å². The number of aliphatic hydroxyl groups is 1. The van der Waals surface area contributed by atoms with Crippen LogP contribution in [0.4, 0.5) is 0 Å². The van der Waals surface area contributed by atoms with Crippen molar-refractivity contribution in [3.63, 3.8) is 0 Å². The number of carbonyl (C=O) groups is 1. The molecule has 0 spiro atoms. The van der Waals surface area contributed by atoms with E-state index in [0.717, 1.165) is 7.11 Å². The van der Waals surface area contributed by atoms with Gasteiger partial charge in [-0.3, -0.25) is 4.79 Å². The number of halogens is 2. The molecule has 10 heteroatoms. The lowest BCUT2D eigenvalue weighted by Gasteiger charge is -2.15. The molecule has 1 aromatic rings. The van der Waals surface area contributed by atoms with Gasteiger partial charge in [-0.25, -0.2) is 8.42 Å². The van der Waals surface area contributed by atoms with Crippen LogP contribution in [0.15, 0.2) is 17.0 Å². The minimum absolute atomic E-state index is 0.0827. The number of carbonyl (C=O) groups excluding carboxylic acids is 1. The van der Waals surface area contributed by atoms with Crippen molar-refractivity contribution in [1.82, 2.24) is 4.72 Å². The van der Waals surface area contributed by atoms with Gasteiger partial charge in [0.2, 0.25) is 10.0 Å². The fourth-order valence-electron chi connectivity index (χ4n) is 1.43. The Morgan fingerprint density at radius 1 is 1.33 bits per heavy atom. The molecule has 2 N–H and O–H groups in total. The Balaban J connectivity index is 3.20. The fourth-order valence-corrected chi connectivity index (χ4v) is 3.45. The van der Waals surface area contributed by atoms with Gasteiger partial charge in [-0.05, 0) is 12.1 Å². The SMILES string of the molecule is COC(=O)[C@H](CO)NS(=O)(=O)c1ccc(OC)c(Cl)c1Cl. The van der Waals surface area contributed by atoms with E-state index in [1.54, 1.807) is 0 Å². The maximum Gasteiger partial charge on any atom is 0.326 e. The first-order valence-electron chi connectivity index (χ1n) is 5.51. The largest absolute Gasteiger partial charge is 0.495 e. The zero-order valence-corrected chi connectivity index (χ0v) is 13.4. The van der Waals surface area contributed by atoms with Crippen LogP contribution >= 0.6 is 23.2 Å². The lowest BCUT2D eigenvalue weighted by Crippen LogP contribution is -2.44. The fraction of sp³-hybridized carbons (Fsp3) is 0.364. The molecular weight excluding hydrogens is 345 g/mol. The Morgan fingerprint density at radius 2 is 1.95 bits per heavy atom. The molecular formula is C11H13Cl2NO6S. The third kappa shape index (κ3) is 3.98. The molecule has 0 saturated carbocycles. The van der Waals surface area contributed by atoms with Crippen molar-refractivity contribution < 1.29 is 27.8 Å². The molecule has 0 amide bonds. The van der Waals surface area contributed by atoms with E-state index in [0.29, 0.717) is 0 Å². The highest BCUT2D eigenvalue weighted by atomic mass is 35.5. The molecule has 0 fully saturated rings. The molecule has 0 radical (unpaired) electrons. The molecule has 7 nitrogen and oxygen atoms in total. The maximum absolute atomic E-state index is 12.2. The molecule has 0 aliphatic carbocycles. The molecule has 1 rings (SSSR count). The van der Waals surface area contributed by atoms with Crippen molar-refractivity contribution in [2.45, 2.75) is 10.9 Å². The molecule has 0 bridgehead atoms. The van der Waals surface area contributed by atoms with Crippen LogP contribution in [-0.2, 0) is 19.6 Å². The van der Waals surface area contributed by atoms with Crippen molar-refractivity contribution in [2.24, 2.45) is 0 Å². The van der Waals surface area contributed by atoms with E-state index in [1.807, 2.05) is 4.72 Å². The predicted molar refractivity (Wildman–Crippen MR) is 76.2 cm³/mol. The molecule has 0 heterocycles. The number of hydrogen-bond donors (Lipinski definition) is 2. The van der Waals surface area contributed by atoms with Gasteiger partial charge in [-0.2, -0.15) is 4.72 Å². The highest BCUT2D eigenvalue weighted by molar-refractivity contribution is 7.89. The summed E-state index contributed by atoms with van der Waals surface area (Å²) in [5.41, 5.74) is 0. The lowest BCUT2D eigenvalue weighted by atomic mass is 10.3. The number of benzene rings is 1. The monoisotopic (exact) mass is 357 g/mol. The van der Waals surface area contributed by atoms with Gasteiger partial charge in [0.05, 0.1) is 25.8 Å². The summed E-state index contributed by atoms with van der Waals surface area (Å²) >= 11 is 11.8. The van der Waals surface area contributed by atoms with Gasteiger partial charge in [0.25, 0.3) is 0 Å². The second-order valence-corrected chi connectivity index (χ2v) is 6.21. The summed E-state index contributed by atoms with van der Waals surface area (Å²) in [6.07, 6.45) is 0. The molecule has 0 saturated heterocycles. The average Bonchev–Trinajstić information content (AvgIpc) is 2.46. The topological polar surface area (TPSA) is 102 Å².